The number of amides is 1. The van der Waals surface area contributed by atoms with E-state index in [9.17, 15) is 9.59 Å². The molecule has 1 fully saturated rings. The normalized spacial score (nSPS) is 19.8. The third-order valence-electron chi connectivity index (χ3n) is 10.1. The number of aromatic nitrogens is 3. The van der Waals surface area contributed by atoms with Crippen LogP contribution in [-0.4, -0.2) is 65.8 Å². The van der Waals surface area contributed by atoms with Gasteiger partial charge in [0.2, 0.25) is 0 Å². The van der Waals surface area contributed by atoms with Gasteiger partial charge in [0, 0.05) is 37.3 Å². The minimum atomic E-state index is -0.108. The first-order valence-corrected chi connectivity index (χ1v) is 16.7. The van der Waals surface area contributed by atoms with Crippen LogP contribution in [0.1, 0.15) is 107 Å². The van der Waals surface area contributed by atoms with Gasteiger partial charge in [-0.2, -0.15) is 0 Å². The van der Waals surface area contributed by atoms with Crippen LogP contribution in [0.15, 0.2) is 24.3 Å². The highest BCUT2D eigenvalue weighted by molar-refractivity contribution is 5.94. The maximum atomic E-state index is 12.6. The summed E-state index contributed by atoms with van der Waals surface area (Å²) in [5.74, 6) is 1.50. The quantitative estimate of drug-likeness (QED) is 0.184. The zero-order valence-corrected chi connectivity index (χ0v) is 27.9. The molecule has 1 aromatic carbocycles. The summed E-state index contributed by atoms with van der Waals surface area (Å²) in [7, 11) is 1.94. The first-order chi connectivity index (χ1) is 21.0. The summed E-state index contributed by atoms with van der Waals surface area (Å²) in [4.78, 5) is 24.9. The average Bonchev–Trinajstić information content (AvgIpc) is 3.52. The first kappa shape index (κ1) is 34.1. The standard InChI is InChI=1S/C35H55N5O4/c1-7-34(2,3)19-22-43-21-8-9-32(41)44-24-29-27-14-16-30-31(17-15-28(27)29)40(39-38-30)23-25-10-12-26(13-11-25)33(42)37-20-18-35(4,5)36-6/h10-13,27-29,36H,7-9,14-24H2,1-6H3,(H,37,42)/t27-,28+,29-/m1/s1. The number of rotatable bonds is 17. The molecule has 0 unspecified atom stereocenters. The molecule has 0 bridgehead atoms. The average molecular weight is 610 g/mol. The number of esters is 1. The molecule has 2 N–H and O–H groups in total. The Morgan fingerprint density at radius 1 is 1.02 bits per heavy atom. The molecule has 1 aromatic heterocycles. The second-order valence-electron chi connectivity index (χ2n) is 14.2. The Morgan fingerprint density at radius 2 is 1.75 bits per heavy atom. The van der Waals surface area contributed by atoms with E-state index in [0.29, 0.717) is 67.9 Å². The van der Waals surface area contributed by atoms with Crippen LogP contribution in [0.3, 0.4) is 0 Å². The smallest absolute Gasteiger partial charge is 0.305 e. The molecule has 44 heavy (non-hydrogen) atoms. The summed E-state index contributed by atoms with van der Waals surface area (Å²) in [5, 5.41) is 15.3. The van der Waals surface area contributed by atoms with Gasteiger partial charge in [0.15, 0.2) is 0 Å². The van der Waals surface area contributed by atoms with Crippen molar-refractivity contribution in [3.05, 3.63) is 46.8 Å². The van der Waals surface area contributed by atoms with E-state index in [-0.39, 0.29) is 17.4 Å². The molecule has 2 aliphatic carbocycles. The van der Waals surface area contributed by atoms with Gasteiger partial charge in [-0.3, -0.25) is 9.59 Å². The Bertz CT molecular complexity index is 1220. The lowest BCUT2D eigenvalue weighted by Gasteiger charge is -2.23. The van der Waals surface area contributed by atoms with Crippen molar-refractivity contribution in [1.29, 1.82) is 0 Å². The number of nitrogens with zero attached hydrogens (tertiary/aromatic N) is 3. The summed E-state index contributed by atoms with van der Waals surface area (Å²) in [5.41, 5.74) is 4.36. The third kappa shape index (κ3) is 9.86. The van der Waals surface area contributed by atoms with Gasteiger partial charge in [-0.1, -0.05) is 44.5 Å². The van der Waals surface area contributed by atoms with Crippen molar-refractivity contribution in [1.82, 2.24) is 25.6 Å². The molecule has 2 aliphatic rings. The van der Waals surface area contributed by atoms with Crippen molar-refractivity contribution >= 4 is 11.9 Å². The number of ether oxygens (including phenoxy) is 2. The van der Waals surface area contributed by atoms with E-state index in [1.807, 2.05) is 36.0 Å². The highest BCUT2D eigenvalue weighted by atomic mass is 16.5. The molecule has 1 heterocycles. The number of aryl methyl sites for hydroxylation is 1. The zero-order chi connectivity index (χ0) is 31.7. The lowest BCUT2D eigenvalue weighted by Crippen LogP contribution is -2.40. The van der Waals surface area contributed by atoms with E-state index in [2.05, 4.69) is 55.6 Å². The lowest BCUT2D eigenvalue weighted by molar-refractivity contribution is -0.144. The molecule has 1 saturated carbocycles. The number of hydrogen-bond donors (Lipinski definition) is 2. The van der Waals surface area contributed by atoms with Crippen molar-refractivity contribution in [2.75, 3.05) is 33.4 Å². The van der Waals surface area contributed by atoms with Gasteiger partial charge >= 0.3 is 5.97 Å². The molecule has 0 aliphatic heterocycles. The van der Waals surface area contributed by atoms with E-state index in [1.165, 1.54) is 5.69 Å². The number of benzene rings is 1. The molecule has 0 saturated heterocycles. The number of fused-ring (bicyclic) bond motifs is 2. The molecule has 4 rings (SSSR count). The van der Waals surface area contributed by atoms with E-state index in [1.54, 1.807) is 0 Å². The Balaban J connectivity index is 1.17. The van der Waals surface area contributed by atoms with Crippen LogP contribution in [0, 0.1) is 23.2 Å². The van der Waals surface area contributed by atoms with E-state index in [4.69, 9.17) is 9.47 Å². The molecule has 2 aromatic rings. The maximum Gasteiger partial charge on any atom is 0.305 e. The Kier molecular flexibility index (Phi) is 12.0. The summed E-state index contributed by atoms with van der Waals surface area (Å²) < 4.78 is 13.4. The molecule has 244 valence electrons. The SMILES string of the molecule is CCC(C)(C)CCOCCCC(=O)OC[C@@H]1[C@@H]2CCc3nnn(Cc4ccc(C(=O)NCCC(C)(C)NC)cc4)c3CC[C@@H]21. The second kappa shape index (κ2) is 15.5. The van der Waals surface area contributed by atoms with Crippen LogP contribution in [0.2, 0.25) is 0 Å². The summed E-state index contributed by atoms with van der Waals surface area (Å²) in [6, 6.07) is 7.78. The minimum Gasteiger partial charge on any atom is -0.465 e. The number of carbonyl (C=O) groups is 2. The molecule has 0 spiro atoms. The fraction of sp³-hybridized carbons (Fsp3) is 0.714. The Morgan fingerprint density at radius 3 is 2.45 bits per heavy atom. The highest BCUT2D eigenvalue weighted by Gasteiger charge is 2.50. The van der Waals surface area contributed by atoms with Gasteiger partial charge < -0.3 is 20.1 Å². The molecule has 9 heteroatoms. The first-order valence-electron chi connectivity index (χ1n) is 16.7. The van der Waals surface area contributed by atoms with Gasteiger partial charge in [-0.05, 0) is 107 Å². The monoisotopic (exact) mass is 609 g/mol. The van der Waals surface area contributed by atoms with Gasteiger partial charge in [-0.15, -0.1) is 5.10 Å². The minimum absolute atomic E-state index is 0.0126. The van der Waals surface area contributed by atoms with Crippen LogP contribution in [0.25, 0.3) is 0 Å². The molecule has 1 amide bonds. The molecule has 0 radical (unpaired) electrons. The lowest BCUT2D eigenvalue weighted by atomic mass is 9.87. The molecule has 9 nitrogen and oxygen atoms in total. The maximum absolute atomic E-state index is 12.6. The van der Waals surface area contributed by atoms with Gasteiger partial charge in [0.25, 0.3) is 5.91 Å². The fourth-order valence-electron chi connectivity index (χ4n) is 6.06. The van der Waals surface area contributed by atoms with Crippen LogP contribution in [-0.2, 0) is 33.7 Å². The van der Waals surface area contributed by atoms with E-state index in [0.717, 1.165) is 62.8 Å². The molecule has 3 atom stereocenters. The van der Waals surface area contributed by atoms with Crippen molar-refractivity contribution in [2.45, 2.75) is 104 Å². The predicted octanol–water partition coefficient (Wildman–Crippen LogP) is 5.35. The summed E-state index contributed by atoms with van der Waals surface area (Å²) in [6.45, 7) is 14.1. The van der Waals surface area contributed by atoms with Crippen molar-refractivity contribution in [3.63, 3.8) is 0 Å². The van der Waals surface area contributed by atoms with Gasteiger partial charge in [0.05, 0.1) is 24.5 Å². The van der Waals surface area contributed by atoms with Crippen molar-refractivity contribution in [2.24, 2.45) is 23.2 Å². The Labute approximate surface area is 264 Å². The molecular formula is C35H55N5O4. The third-order valence-corrected chi connectivity index (χ3v) is 10.1. The van der Waals surface area contributed by atoms with Crippen LogP contribution in [0.4, 0.5) is 0 Å². The van der Waals surface area contributed by atoms with Gasteiger partial charge in [0.1, 0.15) is 0 Å². The summed E-state index contributed by atoms with van der Waals surface area (Å²) in [6.07, 6.45) is 8.15. The fourth-order valence-corrected chi connectivity index (χ4v) is 6.06. The summed E-state index contributed by atoms with van der Waals surface area (Å²) >= 11 is 0. The number of hydrogen-bond acceptors (Lipinski definition) is 7. The van der Waals surface area contributed by atoms with E-state index >= 15 is 0 Å². The largest absolute Gasteiger partial charge is 0.465 e. The predicted molar refractivity (Wildman–Crippen MR) is 172 cm³/mol. The molecular weight excluding hydrogens is 554 g/mol. The second-order valence-corrected chi connectivity index (χ2v) is 14.2. The Hall–Kier alpha value is -2.78. The van der Waals surface area contributed by atoms with Gasteiger partial charge in [-0.25, -0.2) is 4.68 Å². The number of carbonyl (C=O) groups excluding carboxylic acids is 2. The van der Waals surface area contributed by atoms with E-state index < -0.39 is 0 Å². The van der Waals surface area contributed by atoms with Crippen LogP contribution >= 0.6 is 0 Å². The van der Waals surface area contributed by atoms with Crippen molar-refractivity contribution in [3.8, 4) is 0 Å². The van der Waals surface area contributed by atoms with Crippen LogP contribution in [0.5, 0.6) is 0 Å². The van der Waals surface area contributed by atoms with Crippen molar-refractivity contribution < 1.29 is 19.1 Å². The zero-order valence-electron chi connectivity index (χ0n) is 27.9. The number of nitrogens with one attached hydrogen (secondary N) is 2. The highest BCUT2D eigenvalue weighted by Crippen LogP contribution is 2.53. The topological polar surface area (TPSA) is 107 Å². The van der Waals surface area contributed by atoms with Crippen LogP contribution < -0.4 is 10.6 Å².